The first kappa shape index (κ1) is 9.16. The molecule has 1 unspecified atom stereocenters. The van der Waals surface area contributed by atoms with Gasteiger partial charge in [-0.15, -0.1) is 0 Å². The van der Waals surface area contributed by atoms with Crippen LogP contribution in [0, 0.1) is 0 Å². The summed E-state index contributed by atoms with van der Waals surface area (Å²) in [4.78, 5) is 11.6. The second-order valence-corrected chi connectivity index (χ2v) is 4.56. The maximum atomic E-state index is 6.11. The van der Waals surface area contributed by atoms with Crippen LogP contribution in [-0.4, -0.2) is 15.0 Å². The van der Waals surface area contributed by atoms with E-state index in [0.717, 1.165) is 17.5 Å². The molecule has 0 aliphatic heterocycles. The summed E-state index contributed by atoms with van der Waals surface area (Å²) in [6.45, 7) is 2.24. The third kappa shape index (κ3) is 1.26. The van der Waals surface area contributed by atoms with E-state index in [1.54, 1.807) is 0 Å². The van der Waals surface area contributed by atoms with Gasteiger partial charge in [0.15, 0.2) is 0 Å². The van der Waals surface area contributed by atoms with Gasteiger partial charge in [-0.3, -0.25) is 0 Å². The van der Waals surface area contributed by atoms with E-state index in [0.29, 0.717) is 11.1 Å². The Balaban J connectivity index is 2.36. The fourth-order valence-electron chi connectivity index (χ4n) is 2.47. The quantitative estimate of drug-likeness (QED) is 0.695. The van der Waals surface area contributed by atoms with E-state index in [4.69, 9.17) is 11.6 Å². The van der Waals surface area contributed by atoms with Gasteiger partial charge < -0.3 is 4.98 Å². The van der Waals surface area contributed by atoms with E-state index >= 15 is 0 Å². The number of fused-ring (bicyclic) bond motifs is 3. The smallest absolute Gasteiger partial charge is 0.142 e. The number of nitrogens with zero attached hydrogens (tertiary/aromatic N) is 2. The number of rotatable bonds is 0. The summed E-state index contributed by atoms with van der Waals surface area (Å²) in [7, 11) is 0. The van der Waals surface area contributed by atoms with Gasteiger partial charge in [0.2, 0.25) is 0 Å². The van der Waals surface area contributed by atoms with Crippen LogP contribution in [0.3, 0.4) is 0 Å². The molecular weight excluding hydrogens is 210 g/mol. The van der Waals surface area contributed by atoms with Crippen LogP contribution in [0.5, 0.6) is 0 Å². The van der Waals surface area contributed by atoms with Crippen LogP contribution >= 0.6 is 11.6 Å². The zero-order chi connectivity index (χ0) is 10.4. The number of aryl methyl sites for hydroxylation is 1. The maximum absolute atomic E-state index is 6.11. The molecular formula is C11H12ClN3. The summed E-state index contributed by atoms with van der Waals surface area (Å²) < 4.78 is 0. The van der Waals surface area contributed by atoms with E-state index in [1.807, 2.05) is 0 Å². The molecule has 3 rings (SSSR count). The summed E-state index contributed by atoms with van der Waals surface area (Å²) >= 11 is 6.11. The number of hydrogen-bond donors (Lipinski definition) is 1. The van der Waals surface area contributed by atoms with Crippen LogP contribution < -0.4 is 0 Å². The number of aromatic nitrogens is 3. The average Bonchev–Trinajstić information content (AvgIpc) is 2.59. The molecule has 3 nitrogen and oxygen atoms in total. The zero-order valence-electron chi connectivity index (χ0n) is 8.55. The number of halogens is 1. The standard InChI is InChI=1S/C11H12ClN3/c1-6-3-2-4-7-8-10(12)13-5-14-11(8)15-9(6)7/h5-6H,2-4H2,1H3,(H,13,14,15). The molecule has 2 heterocycles. The highest BCUT2D eigenvalue weighted by atomic mass is 35.5. The lowest BCUT2D eigenvalue weighted by Crippen LogP contribution is -2.05. The van der Waals surface area contributed by atoms with Gasteiger partial charge in [0.1, 0.15) is 17.1 Å². The van der Waals surface area contributed by atoms with Crippen LogP contribution in [0.2, 0.25) is 5.15 Å². The van der Waals surface area contributed by atoms with Crippen LogP contribution in [0.4, 0.5) is 0 Å². The van der Waals surface area contributed by atoms with Crippen molar-refractivity contribution >= 4 is 22.6 Å². The van der Waals surface area contributed by atoms with Crippen molar-refractivity contribution < 1.29 is 0 Å². The van der Waals surface area contributed by atoms with Gasteiger partial charge in [-0.25, -0.2) is 9.97 Å². The molecule has 0 saturated heterocycles. The highest BCUT2D eigenvalue weighted by Gasteiger charge is 2.22. The molecule has 0 fully saturated rings. The monoisotopic (exact) mass is 221 g/mol. The molecule has 1 aliphatic rings. The summed E-state index contributed by atoms with van der Waals surface area (Å²) in [6.07, 6.45) is 5.07. The molecule has 0 amide bonds. The Morgan fingerprint density at radius 1 is 1.47 bits per heavy atom. The van der Waals surface area contributed by atoms with Gasteiger partial charge in [0, 0.05) is 5.69 Å². The molecule has 4 heteroatoms. The zero-order valence-corrected chi connectivity index (χ0v) is 9.30. The van der Waals surface area contributed by atoms with Crippen molar-refractivity contribution in [1.29, 1.82) is 0 Å². The minimum Gasteiger partial charge on any atom is -0.343 e. The van der Waals surface area contributed by atoms with Crippen molar-refractivity contribution in [3.63, 3.8) is 0 Å². The largest absolute Gasteiger partial charge is 0.343 e. The van der Waals surface area contributed by atoms with Crippen molar-refractivity contribution in [2.75, 3.05) is 0 Å². The molecule has 1 atom stereocenters. The van der Waals surface area contributed by atoms with Gasteiger partial charge in [0.25, 0.3) is 0 Å². The predicted octanol–water partition coefficient (Wildman–Crippen LogP) is 3.05. The van der Waals surface area contributed by atoms with E-state index in [1.165, 1.54) is 30.4 Å². The van der Waals surface area contributed by atoms with E-state index in [2.05, 4.69) is 21.9 Å². The molecule has 2 aromatic rings. The normalized spacial score (nSPS) is 20.5. The molecule has 2 aromatic heterocycles. The van der Waals surface area contributed by atoms with Crippen LogP contribution in [0.15, 0.2) is 6.33 Å². The lowest BCUT2D eigenvalue weighted by atomic mass is 9.88. The minimum absolute atomic E-state index is 0.576. The molecule has 0 aromatic carbocycles. The predicted molar refractivity (Wildman–Crippen MR) is 60.3 cm³/mol. The van der Waals surface area contributed by atoms with Gasteiger partial charge in [-0.1, -0.05) is 18.5 Å². The van der Waals surface area contributed by atoms with E-state index < -0.39 is 0 Å². The first-order valence-electron chi connectivity index (χ1n) is 5.28. The Bertz CT molecular complexity index is 518. The Kier molecular flexibility index (Phi) is 1.96. The molecule has 0 bridgehead atoms. The Hall–Kier alpha value is -1.09. The molecule has 1 N–H and O–H groups in total. The molecule has 0 spiro atoms. The summed E-state index contributed by atoms with van der Waals surface area (Å²) in [6, 6.07) is 0. The number of hydrogen-bond acceptors (Lipinski definition) is 2. The SMILES string of the molecule is CC1CCCc2c1[nH]c1ncnc(Cl)c21. The Morgan fingerprint density at radius 2 is 2.33 bits per heavy atom. The summed E-state index contributed by atoms with van der Waals surface area (Å²) in [5.41, 5.74) is 3.52. The van der Waals surface area contributed by atoms with E-state index in [9.17, 15) is 0 Å². The van der Waals surface area contributed by atoms with Gasteiger partial charge in [0.05, 0.1) is 5.39 Å². The molecule has 0 saturated carbocycles. The number of nitrogens with one attached hydrogen (secondary N) is 1. The minimum atomic E-state index is 0.576. The summed E-state index contributed by atoms with van der Waals surface area (Å²) in [5, 5.41) is 1.60. The maximum Gasteiger partial charge on any atom is 0.142 e. The van der Waals surface area contributed by atoms with Crippen molar-refractivity contribution in [3.8, 4) is 0 Å². The van der Waals surface area contributed by atoms with Crippen molar-refractivity contribution in [1.82, 2.24) is 15.0 Å². The Labute approximate surface area is 92.9 Å². The van der Waals surface area contributed by atoms with Crippen LogP contribution in [-0.2, 0) is 6.42 Å². The van der Waals surface area contributed by atoms with Crippen molar-refractivity contribution in [3.05, 3.63) is 22.7 Å². The first-order chi connectivity index (χ1) is 7.27. The second-order valence-electron chi connectivity index (χ2n) is 4.20. The van der Waals surface area contributed by atoms with Gasteiger partial charge in [-0.2, -0.15) is 0 Å². The van der Waals surface area contributed by atoms with Crippen molar-refractivity contribution in [2.24, 2.45) is 0 Å². The molecule has 78 valence electrons. The third-order valence-corrected chi connectivity index (χ3v) is 3.52. The van der Waals surface area contributed by atoms with Gasteiger partial charge >= 0.3 is 0 Å². The summed E-state index contributed by atoms with van der Waals surface area (Å²) in [5.74, 6) is 0.582. The van der Waals surface area contributed by atoms with E-state index in [-0.39, 0.29) is 0 Å². The lowest BCUT2D eigenvalue weighted by molar-refractivity contribution is 0.582. The topological polar surface area (TPSA) is 41.6 Å². The van der Waals surface area contributed by atoms with Gasteiger partial charge in [-0.05, 0) is 30.7 Å². The fourth-order valence-corrected chi connectivity index (χ4v) is 2.72. The molecule has 0 radical (unpaired) electrons. The Morgan fingerprint density at radius 3 is 3.20 bits per heavy atom. The molecule has 1 aliphatic carbocycles. The molecule has 15 heavy (non-hydrogen) atoms. The third-order valence-electron chi connectivity index (χ3n) is 3.24. The number of H-pyrrole nitrogens is 1. The van der Waals surface area contributed by atoms with Crippen molar-refractivity contribution in [2.45, 2.75) is 32.1 Å². The first-order valence-corrected chi connectivity index (χ1v) is 5.66. The van der Waals surface area contributed by atoms with Crippen LogP contribution in [0.25, 0.3) is 11.0 Å². The van der Waals surface area contributed by atoms with Crippen LogP contribution in [0.1, 0.15) is 36.9 Å². The number of aromatic amines is 1. The highest BCUT2D eigenvalue weighted by Crippen LogP contribution is 2.36. The average molecular weight is 222 g/mol. The lowest BCUT2D eigenvalue weighted by Gasteiger charge is -2.18. The second kappa shape index (κ2) is 3.20. The highest BCUT2D eigenvalue weighted by molar-refractivity contribution is 6.34. The fraction of sp³-hybridized carbons (Fsp3) is 0.455.